The van der Waals surface area contributed by atoms with Gasteiger partial charge in [0.05, 0.1) is 16.6 Å². The average Bonchev–Trinajstić information content (AvgIpc) is 3.06. The highest BCUT2D eigenvalue weighted by molar-refractivity contribution is 7.22. The Balaban J connectivity index is 1.48. The number of nitrogens with zero attached hydrogens (tertiary/aromatic N) is 1. The van der Waals surface area contributed by atoms with E-state index in [1.165, 1.54) is 11.3 Å². The molecule has 134 valence electrons. The Hall–Kier alpha value is -2.89. The van der Waals surface area contributed by atoms with E-state index in [2.05, 4.69) is 10.3 Å². The van der Waals surface area contributed by atoms with Crippen molar-refractivity contribution in [2.75, 3.05) is 5.32 Å². The number of nitrogens with one attached hydrogen (secondary N) is 1. The number of fused-ring (bicyclic) bond motifs is 1. The van der Waals surface area contributed by atoms with Gasteiger partial charge in [-0.05, 0) is 35.9 Å². The number of rotatable bonds is 5. The summed E-state index contributed by atoms with van der Waals surface area (Å²) in [6.07, 6.45) is 0.206. The maximum absolute atomic E-state index is 12.3. The maximum atomic E-state index is 12.3. The van der Waals surface area contributed by atoms with Crippen LogP contribution >= 0.6 is 22.9 Å². The molecule has 27 heavy (non-hydrogen) atoms. The second-order valence-corrected chi connectivity index (χ2v) is 7.32. The molecule has 1 N–H and O–H groups in total. The molecule has 0 fully saturated rings. The standard InChI is InChI=1S/C21H15ClN2O2S/c22-17-9-5-4-6-14(17)12-20(25)24-21-23-18-11-10-16(13-19(18)27-21)26-15-7-2-1-3-8-15/h1-11,13H,12H2,(H,23,24,25). The van der Waals surface area contributed by atoms with Gasteiger partial charge in [0.1, 0.15) is 11.5 Å². The van der Waals surface area contributed by atoms with Crippen LogP contribution in [0.4, 0.5) is 5.13 Å². The lowest BCUT2D eigenvalue weighted by Crippen LogP contribution is -2.14. The number of carbonyl (C=O) groups excluding carboxylic acids is 1. The highest BCUT2D eigenvalue weighted by Gasteiger charge is 2.11. The van der Waals surface area contributed by atoms with Crippen LogP contribution in [0.5, 0.6) is 11.5 Å². The van der Waals surface area contributed by atoms with Crippen molar-refractivity contribution in [1.29, 1.82) is 0 Å². The number of thiazole rings is 1. The lowest BCUT2D eigenvalue weighted by Gasteiger charge is -2.04. The fourth-order valence-electron chi connectivity index (χ4n) is 2.62. The molecule has 0 aliphatic rings. The predicted molar refractivity (Wildman–Crippen MR) is 110 cm³/mol. The third kappa shape index (κ3) is 4.27. The molecule has 1 heterocycles. The minimum atomic E-state index is -0.150. The van der Waals surface area contributed by atoms with Crippen molar-refractivity contribution in [2.24, 2.45) is 0 Å². The summed E-state index contributed by atoms with van der Waals surface area (Å²) in [7, 11) is 0. The van der Waals surface area contributed by atoms with Gasteiger partial charge in [0.25, 0.3) is 0 Å². The van der Waals surface area contributed by atoms with Gasteiger partial charge in [0.15, 0.2) is 5.13 Å². The van der Waals surface area contributed by atoms with E-state index in [1.54, 1.807) is 6.07 Å². The number of carbonyl (C=O) groups is 1. The molecule has 0 saturated heterocycles. The zero-order valence-corrected chi connectivity index (χ0v) is 15.8. The quantitative estimate of drug-likeness (QED) is 0.457. The monoisotopic (exact) mass is 394 g/mol. The van der Waals surface area contributed by atoms with E-state index in [4.69, 9.17) is 16.3 Å². The Bertz CT molecular complexity index is 1100. The Kier molecular flexibility index (Phi) is 5.05. The number of para-hydroxylation sites is 1. The number of anilines is 1. The summed E-state index contributed by atoms with van der Waals surface area (Å²) in [6.45, 7) is 0. The van der Waals surface area contributed by atoms with Crippen LogP contribution < -0.4 is 10.1 Å². The van der Waals surface area contributed by atoms with Gasteiger partial charge in [-0.25, -0.2) is 4.98 Å². The number of hydrogen-bond acceptors (Lipinski definition) is 4. The van der Waals surface area contributed by atoms with Crippen LogP contribution in [0.2, 0.25) is 5.02 Å². The average molecular weight is 395 g/mol. The maximum Gasteiger partial charge on any atom is 0.230 e. The molecular formula is C21H15ClN2O2S. The number of halogens is 1. The topological polar surface area (TPSA) is 51.2 Å². The Morgan fingerprint density at radius 3 is 2.59 bits per heavy atom. The Morgan fingerprint density at radius 2 is 1.78 bits per heavy atom. The zero-order chi connectivity index (χ0) is 18.6. The van der Waals surface area contributed by atoms with Crippen molar-refractivity contribution in [3.63, 3.8) is 0 Å². The predicted octanol–water partition coefficient (Wildman–Crippen LogP) is 5.92. The molecule has 0 spiro atoms. The summed E-state index contributed by atoms with van der Waals surface area (Å²) in [6, 6.07) is 22.6. The van der Waals surface area contributed by atoms with Crippen molar-refractivity contribution in [3.05, 3.63) is 83.4 Å². The van der Waals surface area contributed by atoms with Crippen molar-refractivity contribution < 1.29 is 9.53 Å². The smallest absolute Gasteiger partial charge is 0.230 e. The molecule has 1 aromatic heterocycles. The molecule has 0 aliphatic carbocycles. The number of aromatic nitrogens is 1. The van der Waals surface area contributed by atoms with Gasteiger partial charge in [-0.3, -0.25) is 4.79 Å². The highest BCUT2D eigenvalue weighted by atomic mass is 35.5. The van der Waals surface area contributed by atoms with Gasteiger partial charge in [-0.1, -0.05) is 59.3 Å². The first-order valence-electron chi connectivity index (χ1n) is 8.34. The summed E-state index contributed by atoms with van der Waals surface area (Å²) < 4.78 is 6.79. The van der Waals surface area contributed by atoms with E-state index in [9.17, 15) is 4.79 Å². The SMILES string of the molecule is O=C(Cc1ccccc1Cl)Nc1nc2ccc(Oc3ccccc3)cc2s1. The fraction of sp³-hybridized carbons (Fsp3) is 0.0476. The first-order chi connectivity index (χ1) is 13.2. The molecule has 4 aromatic rings. The largest absolute Gasteiger partial charge is 0.457 e. The Labute approximate surface area is 165 Å². The molecule has 0 saturated carbocycles. The normalized spacial score (nSPS) is 10.7. The summed E-state index contributed by atoms with van der Waals surface area (Å²) in [5.74, 6) is 1.35. The zero-order valence-electron chi connectivity index (χ0n) is 14.2. The highest BCUT2D eigenvalue weighted by Crippen LogP contribution is 2.31. The second-order valence-electron chi connectivity index (χ2n) is 5.88. The molecule has 6 heteroatoms. The summed E-state index contributed by atoms with van der Waals surface area (Å²) in [5, 5.41) is 3.98. The van der Waals surface area contributed by atoms with E-state index in [0.717, 1.165) is 27.3 Å². The van der Waals surface area contributed by atoms with Crippen molar-refractivity contribution in [2.45, 2.75) is 6.42 Å². The fourth-order valence-corrected chi connectivity index (χ4v) is 3.74. The second kappa shape index (κ2) is 7.78. The molecule has 0 atom stereocenters. The molecule has 0 bridgehead atoms. The van der Waals surface area contributed by atoms with Gasteiger partial charge in [0.2, 0.25) is 5.91 Å². The summed E-state index contributed by atoms with van der Waals surface area (Å²) in [5.41, 5.74) is 1.60. The van der Waals surface area contributed by atoms with E-state index in [1.807, 2.05) is 66.7 Å². The Morgan fingerprint density at radius 1 is 1.00 bits per heavy atom. The lowest BCUT2D eigenvalue weighted by atomic mass is 10.1. The van der Waals surface area contributed by atoms with Crippen LogP contribution in [0.3, 0.4) is 0 Å². The molecule has 0 radical (unpaired) electrons. The van der Waals surface area contributed by atoms with Crippen LogP contribution in [0.15, 0.2) is 72.8 Å². The number of hydrogen-bond donors (Lipinski definition) is 1. The first kappa shape index (κ1) is 17.5. The molecule has 4 rings (SSSR count). The third-order valence-electron chi connectivity index (χ3n) is 3.89. The summed E-state index contributed by atoms with van der Waals surface area (Å²) >= 11 is 7.52. The molecule has 3 aromatic carbocycles. The molecular weight excluding hydrogens is 380 g/mol. The van der Waals surface area contributed by atoms with Gasteiger partial charge < -0.3 is 10.1 Å². The number of amides is 1. The van der Waals surface area contributed by atoms with E-state index >= 15 is 0 Å². The minimum absolute atomic E-state index is 0.150. The molecule has 0 unspecified atom stereocenters. The van der Waals surface area contributed by atoms with Crippen LogP contribution in [0.25, 0.3) is 10.2 Å². The van der Waals surface area contributed by atoms with E-state index < -0.39 is 0 Å². The van der Waals surface area contributed by atoms with Gasteiger partial charge >= 0.3 is 0 Å². The molecule has 4 nitrogen and oxygen atoms in total. The first-order valence-corrected chi connectivity index (χ1v) is 9.53. The minimum Gasteiger partial charge on any atom is -0.457 e. The van der Waals surface area contributed by atoms with Gasteiger partial charge in [0, 0.05) is 11.1 Å². The number of benzene rings is 3. The van der Waals surface area contributed by atoms with Gasteiger partial charge in [-0.2, -0.15) is 0 Å². The van der Waals surface area contributed by atoms with Gasteiger partial charge in [-0.15, -0.1) is 0 Å². The van der Waals surface area contributed by atoms with E-state index in [0.29, 0.717) is 10.2 Å². The summed E-state index contributed by atoms with van der Waals surface area (Å²) in [4.78, 5) is 16.8. The lowest BCUT2D eigenvalue weighted by molar-refractivity contribution is -0.115. The van der Waals surface area contributed by atoms with Crippen molar-refractivity contribution >= 4 is 44.2 Å². The van der Waals surface area contributed by atoms with Crippen molar-refractivity contribution in [1.82, 2.24) is 4.98 Å². The molecule has 0 aliphatic heterocycles. The third-order valence-corrected chi connectivity index (χ3v) is 5.20. The van der Waals surface area contributed by atoms with Crippen LogP contribution in [0.1, 0.15) is 5.56 Å². The molecule has 1 amide bonds. The number of ether oxygens (including phenoxy) is 1. The van der Waals surface area contributed by atoms with Crippen LogP contribution in [-0.4, -0.2) is 10.9 Å². The van der Waals surface area contributed by atoms with Crippen molar-refractivity contribution in [3.8, 4) is 11.5 Å². The van der Waals surface area contributed by atoms with Crippen LogP contribution in [0, 0.1) is 0 Å². The van der Waals surface area contributed by atoms with E-state index in [-0.39, 0.29) is 12.3 Å². The van der Waals surface area contributed by atoms with Crippen LogP contribution in [-0.2, 0) is 11.2 Å².